The molecule has 1 amide bonds. The fourth-order valence-electron chi connectivity index (χ4n) is 2.33. The van der Waals surface area contributed by atoms with Crippen LogP contribution in [-0.4, -0.2) is 37.0 Å². The van der Waals surface area contributed by atoms with E-state index >= 15 is 0 Å². The lowest BCUT2D eigenvalue weighted by Crippen LogP contribution is -2.39. The molecule has 12 heavy (non-hydrogen) atoms. The summed E-state index contributed by atoms with van der Waals surface area (Å²) in [4.78, 5) is 13.2. The summed E-state index contributed by atoms with van der Waals surface area (Å²) in [5.41, 5.74) is 0.459. The van der Waals surface area contributed by atoms with E-state index in [9.17, 15) is 4.79 Å². The molecule has 1 heterocycles. The maximum Gasteiger partial charge on any atom is 0.217 e. The molecule has 1 atom stereocenters. The number of nitrogens with zero attached hydrogens (tertiary/aromatic N) is 1. The number of rotatable bonds is 1. The van der Waals surface area contributed by atoms with Gasteiger partial charge in [0.05, 0.1) is 0 Å². The van der Waals surface area contributed by atoms with E-state index in [1.807, 2.05) is 0 Å². The molecule has 2 aliphatic rings. The quantitative estimate of drug-likeness (QED) is 0.607. The first-order valence-electron chi connectivity index (χ1n) is 4.58. The predicted molar refractivity (Wildman–Crippen MR) is 46.8 cm³/mol. The Morgan fingerprint density at radius 3 is 2.75 bits per heavy atom. The zero-order chi connectivity index (χ0) is 8.77. The summed E-state index contributed by atoms with van der Waals surface area (Å²) in [5, 5.41) is 3.04. The topological polar surface area (TPSA) is 32.3 Å². The predicted octanol–water partition coefficient (Wildman–Crippen LogP) is 0.217. The Morgan fingerprint density at radius 1 is 1.58 bits per heavy atom. The summed E-state index contributed by atoms with van der Waals surface area (Å²) in [6, 6.07) is 0.417. The highest BCUT2D eigenvalue weighted by molar-refractivity contribution is 5.73. The molecule has 2 rings (SSSR count). The second-order valence-electron chi connectivity index (χ2n) is 4.31. The van der Waals surface area contributed by atoms with Gasteiger partial charge in [-0.05, 0) is 19.9 Å². The molecule has 2 fully saturated rings. The van der Waals surface area contributed by atoms with Gasteiger partial charge in [0.1, 0.15) is 0 Å². The van der Waals surface area contributed by atoms with E-state index in [2.05, 4.69) is 17.3 Å². The van der Waals surface area contributed by atoms with E-state index < -0.39 is 0 Å². The zero-order valence-corrected chi connectivity index (χ0v) is 7.76. The van der Waals surface area contributed by atoms with Crippen molar-refractivity contribution in [3.8, 4) is 0 Å². The number of likely N-dealkylation sites (N-methyl/N-ethyl adjacent to an activating group) is 1. The van der Waals surface area contributed by atoms with Crippen molar-refractivity contribution in [1.82, 2.24) is 10.2 Å². The fraction of sp³-hybridized carbons (Fsp3) is 0.889. The van der Waals surface area contributed by atoms with Crippen LogP contribution in [0.2, 0.25) is 0 Å². The lowest BCUT2D eigenvalue weighted by Gasteiger charge is -2.17. The third-order valence-electron chi connectivity index (χ3n) is 3.09. The number of nitrogens with one attached hydrogen (secondary N) is 1. The molecule has 1 saturated carbocycles. The monoisotopic (exact) mass is 168 g/mol. The summed E-state index contributed by atoms with van der Waals surface area (Å²) in [5.74, 6) is 0.113. The van der Waals surface area contributed by atoms with E-state index in [0.29, 0.717) is 11.5 Å². The first kappa shape index (κ1) is 8.05. The third-order valence-corrected chi connectivity index (χ3v) is 3.09. The summed E-state index contributed by atoms with van der Waals surface area (Å²) in [6.07, 6.45) is 2.59. The number of hydrogen-bond acceptors (Lipinski definition) is 2. The molecular formula is C9H16N2O. The van der Waals surface area contributed by atoms with Crippen molar-refractivity contribution in [3.63, 3.8) is 0 Å². The molecule has 0 bridgehead atoms. The molecule has 1 spiro atoms. The van der Waals surface area contributed by atoms with Crippen LogP contribution in [0.4, 0.5) is 0 Å². The van der Waals surface area contributed by atoms with Gasteiger partial charge in [-0.15, -0.1) is 0 Å². The summed E-state index contributed by atoms with van der Waals surface area (Å²) >= 11 is 0. The van der Waals surface area contributed by atoms with Gasteiger partial charge in [0.25, 0.3) is 0 Å². The molecule has 1 aliphatic heterocycles. The van der Waals surface area contributed by atoms with Gasteiger partial charge in [0.2, 0.25) is 5.91 Å². The van der Waals surface area contributed by atoms with Crippen molar-refractivity contribution < 1.29 is 4.79 Å². The van der Waals surface area contributed by atoms with Crippen LogP contribution in [0.1, 0.15) is 19.8 Å². The highest BCUT2D eigenvalue weighted by Gasteiger charge is 2.54. The molecule has 0 aromatic rings. The molecule has 0 aromatic carbocycles. The Kier molecular flexibility index (Phi) is 1.65. The lowest BCUT2D eigenvalue weighted by molar-refractivity contribution is -0.119. The van der Waals surface area contributed by atoms with Gasteiger partial charge in [0.15, 0.2) is 0 Å². The normalized spacial score (nSPS) is 32.3. The maximum absolute atomic E-state index is 10.9. The number of likely N-dealkylation sites (tertiary alicyclic amines) is 1. The first-order chi connectivity index (χ1) is 5.62. The van der Waals surface area contributed by atoms with Crippen molar-refractivity contribution in [2.45, 2.75) is 25.8 Å². The second-order valence-corrected chi connectivity index (χ2v) is 4.31. The maximum atomic E-state index is 10.9. The minimum absolute atomic E-state index is 0.113. The molecule has 1 aliphatic carbocycles. The molecule has 1 N–H and O–H groups in total. The summed E-state index contributed by atoms with van der Waals surface area (Å²) < 4.78 is 0. The molecular weight excluding hydrogens is 152 g/mol. The number of hydrogen-bond donors (Lipinski definition) is 1. The van der Waals surface area contributed by atoms with Crippen LogP contribution in [-0.2, 0) is 4.79 Å². The fourth-order valence-corrected chi connectivity index (χ4v) is 2.33. The Morgan fingerprint density at radius 2 is 2.25 bits per heavy atom. The Bertz CT molecular complexity index is 211. The Balaban J connectivity index is 2.01. The van der Waals surface area contributed by atoms with Gasteiger partial charge < -0.3 is 10.2 Å². The molecule has 68 valence electrons. The molecule has 1 unspecified atom stereocenters. The van der Waals surface area contributed by atoms with Crippen LogP contribution in [0.3, 0.4) is 0 Å². The van der Waals surface area contributed by atoms with E-state index in [1.165, 1.54) is 12.8 Å². The Labute approximate surface area is 73.1 Å². The van der Waals surface area contributed by atoms with Crippen LogP contribution in [0, 0.1) is 5.41 Å². The minimum Gasteiger partial charge on any atom is -0.352 e. The smallest absolute Gasteiger partial charge is 0.217 e. The molecule has 3 nitrogen and oxygen atoms in total. The van der Waals surface area contributed by atoms with Gasteiger partial charge >= 0.3 is 0 Å². The molecule has 0 aromatic heterocycles. The number of amides is 1. The van der Waals surface area contributed by atoms with Crippen LogP contribution < -0.4 is 5.32 Å². The average Bonchev–Trinajstić information content (AvgIpc) is 2.60. The van der Waals surface area contributed by atoms with Crippen LogP contribution in [0.15, 0.2) is 0 Å². The van der Waals surface area contributed by atoms with E-state index in [0.717, 1.165) is 13.1 Å². The van der Waals surface area contributed by atoms with Gasteiger partial charge in [-0.25, -0.2) is 0 Å². The van der Waals surface area contributed by atoms with Gasteiger partial charge in [-0.1, -0.05) is 0 Å². The van der Waals surface area contributed by atoms with Gasteiger partial charge in [-0.2, -0.15) is 0 Å². The van der Waals surface area contributed by atoms with E-state index in [-0.39, 0.29) is 5.91 Å². The highest BCUT2D eigenvalue weighted by atomic mass is 16.1. The van der Waals surface area contributed by atoms with Crippen molar-refractivity contribution >= 4 is 5.91 Å². The van der Waals surface area contributed by atoms with E-state index in [4.69, 9.17) is 0 Å². The summed E-state index contributed by atoms with van der Waals surface area (Å²) in [7, 11) is 2.13. The van der Waals surface area contributed by atoms with Crippen molar-refractivity contribution in [2.24, 2.45) is 5.41 Å². The highest BCUT2D eigenvalue weighted by Crippen LogP contribution is 2.52. The Hall–Kier alpha value is -0.570. The van der Waals surface area contributed by atoms with Crippen LogP contribution in [0.25, 0.3) is 0 Å². The average molecular weight is 168 g/mol. The van der Waals surface area contributed by atoms with Crippen LogP contribution in [0.5, 0.6) is 0 Å². The second kappa shape index (κ2) is 2.46. The van der Waals surface area contributed by atoms with Gasteiger partial charge in [-0.3, -0.25) is 4.79 Å². The third kappa shape index (κ3) is 1.22. The molecule has 1 saturated heterocycles. The molecule has 3 heteroatoms. The minimum atomic E-state index is 0.113. The standard InChI is InChI=1S/C9H16N2O/c1-7(12)10-8-5-11(2)6-9(8)3-4-9/h8H,3-6H2,1-2H3,(H,10,12). The SMILES string of the molecule is CC(=O)NC1CN(C)CC12CC2. The van der Waals surface area contributed by atoms with Gasteiger partial charge in [0, 0.05) is 31.5 Å². The lowest BCUT2D eigenvalue weighted by atomic mass is 10.0. The van der Waals surface area contributed by atoms with Crippen molar-refractivity contribution in [1.29, 1.82) is 0 Å². The largest absolute Gasteiger partial charge is 0.352 e. The summed E-state index contributed by atoms with van der Waals surface area (Å²) in [6.45, 7) is 3.80. The first-order valence-corrected chi connectivity index (χ1v) is 4.58. The van der Waals surface area contributed by atoms with Crippen molar-refractivity contribution in [3.05, 3.63) is 0 Å². The zero-order valence-electron chi connectivity index (χ0n) is 7.76. The van der Waals surface area contributed by atoms with E-state index in [1.54, 1.807) is 6.92 Å². The van der Waals surface area contributed by atoms with Crippen LogP contribution >= 0.6 is 0 Å². The van der Waals surface area contributed by atoms with Crippen molar-refractivity contribution in [2.75, 3.05) is 20.1 Å². The number of carbonyl (C=O) groups is 1. The number of carbonyl (C=O) groups excluding carboxylic acids is 1. The molecule has 0 radical (unpaired) electrons.